The van der Waals surface area contributed by atoms with Crippen LogP contribution >= 0.6 is 46.2 Å². The Morgan fingerprint density at radius 1 is 1.36 bits per heavy atom. The maximum absolute atomic E-state index is 12.9. The van der Waals surface area contributed by atoms with Gasteiger partial charge in [-0.1, -0.05) is 5.16 Å². The number of aromatic nitrogens is 2. The van der Waals surface area contributed by atoms with Crippen molar-refractivity contribution in [2.45, 2.75) is 15.6 Å². The molecule has 0 aromatic carbocycles. The van der Waals surface area contributed by atoms with Crippen LogP contribution in [0.1, 0.15) is 16.2 Å². The van der Waals surface area contributed by atoms with Crippen molar-refractivity contribution in [3.05, 3.63) is 33.5 Å². The Morgan fingerprint density at radius 2 is 2.14 bits per heavy atom. The van der Waals surface area contributed by atoms with Crippen molar-refractivity contribution < 1.29 is 33.9 Å². The minimum Gasteiger partial charge on any atom is -0.477 e. The van der Waals surface area contributed by atoms with Gasteiger partial charge in [-0.3, -0.25) is 14.5 Å². The molecule has 2 aliphatic heterocycles. The van der Waals surface area contributed by atoms with Crippen LogP contribution in [-0.2, 0) is 24.0 Å². The minimum absolute atomic E-state index is 0.135. The zero-order chi connectivity index (χ0) is 26.0. The van der Waals surface area contributed by atoms with Gasteiger partial charge in [-0.2, -0.15) is 0 Å². The molecule has 4 N–H and O–H groups in total. The lowest BCUT2D eigenvalue weighted by Gasteiger charge is -2.49. The van der Waals surface area contributed by atoms with Gasteiger partial charge in [0.15, 0.2) is 16.5 Å². The number of esters is 1. The van der Waals surface area contributed by atoms with E-state index < -0.39 is 35.2 Å². The molecule has 0 radical (unpaired) electrons. The number of hydrogen-bond acceptors (Lipinski definition) is 14. The Kier molecular flexibility index (Phi) is 7.82. The van der Waals surface area contributed by atoms with Crippen LogP contribution in [-0.4, -0.2) is 86.6 Å². The Balaban J connectivity index is 1.49. The van der Waals surface area contributed by atoms with Crippen LogP contribution in [0.15, 0.2) is 31.5 Å². The topological polar surface area (TPSA) is 186 Å². The number of β-lactam (4-membered cyclic amide) rings is 1. The summed E-state index contributed by atoms with van der Waals surface area (Å²) >= 11 is 4.91. The van der Waals surface area contributed by atoms with Crippen LogP contribution in [0.5, 0.6) is 0 Å². The van der Waals surface area contributed by atoms with Gasteiger partial charge in [-0.25, -0.2) is 19.6 Å². The molecule has 0 bridgehead atoms. The number of nitrogen functional groups attached to an aromatic ring is 1. The molecule has 2 aliphatic rings. The number of nitrogens with zero attached hydrogens (tertiary/aromatic N) is 4. The molecule has 4 rings (SSSR count). The first-order valence-corrected chi connectivity index (χ1v) is 13.7. The number of oxime groups is 1. The van der Waals surface area contributed by atoms with Gasteiger partial charge in [0.25, 0.3) is 11.8 Å². The molecule has 2 aromatic rings. The number of hydrogen-bond donors (Lipinski definition) is 3. The SMILES string of the molecule is CON=C(C(=O)NC1C(=O)N2C(C(=O)O)=C(CSc3scnc3C(=O)OC)CS[C@@H]12)c1csc(N)n1. The molecule has 0 aliphatic carbocycles. The maximum atomic E-state index is 12.9. The molecule has 36 heavy (non-hydrogen) atoms. The number of thiazole rings is 2. The van der Waals surface area contributed by atoms with Gasteiger partial charge in [0.2, 0.25) is 0 Å². The van der Waals surface area contributed by atoms with E-state index in [4.69, 9.17) is 15.3 Å². The van der Waals surface area contributed by atoms with Crippen molar-refractivity contribution in [1.82, 2.24) is 20.2 Å². The monoisotopic (exact) mass is 570 g/mol. The average Bonchev–Trinajstić information content (AvgIpc) is 3.51. The summed E-state index contributed by atoms with van der Waals surface area (Å²) in [5, 5.41) is 17.3. The Hall–Kier alpha value is -3.15. The van der Waals surface area contributed by atoms with Gasteiger partial charge in [-0.15, -0.1) is 46.2 Å². The number of carboxylic acid groups (broad SMARTS) is 1. The third-order valence-electron chi connectivity index (χ3n) is 4.99. The van der Waals surface area contributed by atoms with Crippen LogP contribution in [0.25, 0.3) is 0 Å². The van der Waals surface area contributed by atoms with E-state index in [1.54, 1.807) is 0 Å². The standard InChI is InChI=1S/C19H18N6O7S4/c1-31-17(30)11-18(36-6-21-11)34-4-7-3-33-15-10(14(27)25(15)12(7)16(28)29)23-13(26)9(24-32-2)8-5-35-19(20)22-8/h5-6,10,15H,3-4H2,1-2H3,(H2,20,22)(H,23,26)(H,28,29)/t10?,15-/m0/s1. The molecule has 1 unspecified atom stereocenters. The molecule has 2 aromatic heterocycles. The van der Waals surface area contributed by atoms with E-state index in [0.29, 0.717) is 15.5 Å². The number of carbonyl (C=O) groups excluding carboxylic acids is 3. The molecule has 2 amide bonds. The number of aliphatic carboxylic acids is 1. The van der Waals surface area contributed by atoms with Crippen LogP contribution < -0.4 is 11.1 Å². The fourth-order valence-corrected chi connectivity index (χ4v) is 7.34. The number of rotatable bonds is 9. The van der Waals surface area contributed by atoms with Gasteiger partial charge in [0, 0.05) is 16.9 Å². The van der Waals surface area contributed by atoms with Crippen molar-refractivity contribution in [2.75, 3.05) is 31.5 Å². The average molecular weight is 571 g/mol. The Morgan fingerprint density at radius 3 is 2.78 bits per heavy atom. The first kappa shape index (κ1) is 25.9. The van der Waals surface area contributed by atoms with E-state index >= 15 is 0 Å². The molecular weight excluding hydrogens is 553 g/mol. The Bertz CT molecular complexity index is 1290. The number of methoxy groups -OCH3 is 1. The van der Waals surface area contributed by atoms with E-state index in [-0.39, 0.29) is 33.7 Å². The molecular formula is C19H18N6O7S4. The second-order valence-electron chi connectivity index (χ2n) is 7.08. The quantitative estimate of drug-likeness (QED) is 0.127. The molecule has 13 nitrogen and oxygen atoms in total. The largest absolute Gasteiger partial charge is 0.477 e. The number of nitrogens with one attached hydrogen (secondary N) is 1. The molecule has 190 valence electrons. The summed E-state index contributed by atoms with van der Waals surface area (Å²) in [4.78, 5) is 63.7. The van der Waals surface area contributed by atoms with Gasteiger partial charge in [0.05, 0.1) is 16.8 Å². The number of carboxylic acids is 1. The van der Waals surface area contributed by atoms with E-state index in [0.717, 1.165) is 11.3 Å². The fourth-order valence-electron chi connectivity index (χ4n) is 3.42. The van der Waals surface area contributed by atoms with Crippen LogP contribution in [0.4, 0.5) is 5.13 Å². The second kappa shape index (κ2) is 10.9. The summed E-state index contributed by atoms with van der Waals surface area (Å²) in [6, 6.07) is -0.962. The number of ether oxygens (including phenoxy) is 1. The molecule has 4 heterocycles. The normalized spacial score (nSPS) is 19.4. The highest BCUT2D eigenvalue weighted by Gasteiger charge is 2.54. The van der Waals surface area contributed by atoms with Crippen molar-refractivity contribution >= 4 is 80.8 Å². The Labute approximate surface area is 220 Å². The number of fused-ring (bicyclic) bond motifs is 1. The van der Waals surface area contributed by atoms with Crippen molar-refractivity contribution in [3.8, 4) is 0 Å². The summed E-state index contributed by atoms with van der Waals surface area (Å²) in [6.07, 6.45) is 0. The lowest BCUT2D eigenvalue weighted by atomic mass is 10.0. The lowest BCUT2D eigenvalue weighted by molar-refractivity contribution is -0.150. The third kappa shape index (κ3) is 4.91. The summed E-state index contributed by atoms with van der Waals surface area (Å²) < 4.78 is 5.30. The molecule has 1 fully saturated rings. The molecule has 2 atom stereocenters. The van der Waals surface area contributed by atoms with E-state index in [1.165, 1.54) is 64.9 Å². The van der Waals surface area contributed by atoms with Crippen molar-refractivity contribution in [1.29, 1.82) is 0 Å². The molecule has 0 saturated carbocycles. The lowest BCUT2D eigenvalue weighted by Crippen LogP contribution is -2.71. The number of anilines is 1. The van der Waals surface area contributed by atoms with Gasteiger partial charge in [-0.05, 0) is 5.57 Å². The highest BCUT2D eigenvalue weighted by molar-refractivity contribution is 8.02. The third-order valence-corrected chi connectivity index (χ3v) is 9.21. The van der Waals surface area contributed by atoms with Crippen LogP contribution in [0.3, 0.4) is 0 Å². The van der Waals surface area contributed by atoms with Gasteiger partial charge < -0.3 is 25.7 Å². The maximum Gasteiger partial charge on any atom is 0.358 e. The first-order chi connectivity index (χ1) is 17.3. The number of amides is 2. The molecule has 1 saturated heterocycles. The number of thioether (sulfide) groups is 2. The van der Waals surface area contributed by atoms with Gasteiger partial charge in [0.1, 0.15) is 29.9 Å². The predicted molar refractivity (Wildman–Crippen MR) is 134 cm³/mol. The summed E-state index contributed by atoms with van der Waals surface area (Å²) in [7, 11) is 2.51. The van der Waals surface area contributed by atoms with Crippen molar-refractivity contribution in [3.63, 3.8) is 0 Å². The van der Waals surface area contributed by atoms with Crippen molar-refractivity contribution in [2.24, 2.45) is 5.16 Å². The zero-order valence-corrected chi connectivity index (χ0v) is 21.9. The predicted octanol–water partition coefficient (Wildman–Crippen LogP) is 0.850. The summed E-state index contributed by atoms with van der Waals surface area (Å²) in [6.45, 7) is 0. The van der Waals surface area contributed by atoms with Gasteiger partial charge >= 0.3 is 11.9 Å². The van der Waals surface area contributed by atoms with Crippen LogP contribution in [0, 0.1) is 0 Å². The van der Waals surface area contributed by atoms with E-state index in [1.807, 2.05) is 0 Å². The van der Waals surface area contributed by atoms with Crippen LogP contribution in [0.2, 0.25) is 0 Å². The summed E-state index contributed by atoms with van der Waals surface area (Å²) in [5.74, 6) is -2.58. The smallest absolute Gasteiger partial charge is 0.358 e. The molecule has 17 heteroatoms. The number of nitrogens with two attached hydrogens (primary N) is 1. The van der Waals surface area contributed by atoms with E-state index in [2.05, 4.69) is 20.4 Å². The molecule has 0 spiro atoms. The number of carbonyl (C=O) groups is 4. The highest BCUT2D eigenvalue weighted by Crippen LogP contribution is 2.42. The zero-order valence-electron chi connectivity index (χ0n) is 18.6. The first-order valence-electron chi connectivity index (χ1n) is 9.94. The highest BCUT2D eigenvalue weighted by atomic mass is 32.2. The second-order valence-corrected chi connectivity index (χ2v) is 11.2. The minimum atomic E-state index is -1.26. The fraction of sp³-hybridized carbons (Fsp3) is 0.316. The summed E-state index contributed by atoms with van der Waals surface area (Å²) in [5.41, 5.74) is 7.70. The van der Waals surface area contributed by atoms with E-state index in [9.17, 15) is 24.3 Å².